The van der Waals surface area contributed by atoms with Crippen molar-refractivity contribution in [1.29, 1.82) is 5.26 Å². The van der Waals surface area contributed by atoms with Crippen LogP contribution in [0, 0.1) is 16.2 Å². The molecule has 5 nitrogen and oxygen atoms in total. The number of hydrogen-bond donors (Lipinski definition) is 0. The Morgan fingerprint density at radius 2 is 2.62 bits per heavy atom. The van der Waals surface area contributed by atoms with Crippen LogP contribution in [0.15, 0.2) is 29.1 Å². The van der Waals surface area contributed by atoms with Gasteiger partial charge in [-0.2, -0.15) is 5.26 Å². The van der Waals surface area contributed by atoms with Crippen LogP contribution < -0.4 is 0 Å². The highest BCUT2D eigenvalue weighted by atomic mass is 16.6. The van der Waals surface area contributed by atoms with Crippen molar-refractivity contribution in [2.45, 2.75) is 0 Å². The first kappa shape index (κ1) is 9.13. The summed E-state index contributed by atoms with van der Waals surface area (Å²) in [5.41, 5.74) is 0.689. The van der Waals surface area contributed by atoms with E-state index in [1.54, 1.807) is 12.2 Å². The summed E-state index contributed by atoms with van der Waals surface area (Å²) in [6.07, 6.45) is 4.61. The maximum atomic E-state index is 10.9. The molecule has 0 saturated heterocycles. The zero-order valence-electron chi connectivity index (χ0n) is 7.10. The Hall–Kier alpha value is -1.96. The molecule has 0 atom stereocenters. The van der Waals surface area contributed by atoms with E-state index in [2.05, 4.69) is 9.99 Å². The Balaban J connectivity index is 2.89. The number of nitriles is 1. The summed E-state index contributed by atoms with van der Waals surface area (Å²) < 4.78 is 0.720. The molecule has 0 aromatic heterocycles. The van der Waals surface area contributed by atoms with Crippen LogP contribution in [0.1, 0.15) is 0 Å². The Morgan fingerprint density at radius 3 is 3.15 bits per heavy atom. The fraction of sp³-hybridized carbons (Fsp3) is 0.250. The van der Waals surface area contributed by atoms with Gasteiger partial charge in [0.1, 0.15) is 13.2 Å². The molecular formula is C8H8N3O2+. The van der Waals surface area contributed by atoms with E-state index >= 15 is 0 Å². The van der Waals surface area contributed by atoms with E-state index in [1.165, 1.54) is 13.3 Å². The number of rotatable bonds is 2. The predicted octanol–water partition coefficient (Wildman–Crippen LogP) is 0.745. The molecule has 66 valence electrons. The topological polar surface area (TPSA) is 65.5 Å². The van der Waals surface area contributed by atoms with Crippen molar-refractivity contribution in [3.63, 3.8) is 0 Å². The van der Waals surface area contributed by atoms with Crippen molar-refractivity contribution in [2.75, 3.05) is 13.7 Å². The van der Waals surface area contributed by atoms with E-state index in [9.17, 15) is 4.91 Å². The van der Waals surface area contributed by atoms with Crippen LogP contribution in [0.5, 0.6) is 0 Å². The molecule has 0 saturated carbocycles. The van der Waals surface area contributed by atoms with E-state index in [1.807, 2.05) is 6.07 Å². The Labute approximate surface area is 75.2 Å². The fourth-order valence-electron chi connectivity index (χ4n) is 0.924. The van der Waals surface area contributed by atoms with Crippen LogP contribution >= 0.6 is 0 Å². The standard InChI is InChI=1S/C8H8N3O2/c1-13-10-8(5-9)7-3-2-4-11(12)6-7/h2-4H,6H2,1H3/q+1. The highest BCUT2D eigenvalue weighted by Crippen LogP contribution is 2.05. The van der Waals surface area contributed by atoms with Gasteiger partial charge in [0.05, 0.1) is 5.57 Å². The maximum Gasteiger partial charge on any atom is 0.226 e. The summed E-state index contributed by atoms with van der Waals surface area (Å²) in [6.45, 7) is 0.131. The predicted molar refractivity (Wildman–Crippen MR) is 45.8 cm³/mol. The van der Waals surface area contributed by atoms with Crippen molar-refractivity contribution in [3.05, 3.63) is 28.8 Å². The van der Waals surface area contributed by atoms with Gasteiger partial charge in [-0.15, -0.1) is 0 Å². The van der Waals surface area contributed by atoms with Crippen molar-refractivity contribution in [3.8, 4) is 6.07 Å². The average Bonchev–Trinajstić information content (AvgIpc) is 2.14. The van der Waals surface area contributed by atoms with Gasteiger partial charge in [0.15, 0.2) is 5.71 Å². The minimum atomic E-state index is 0.131. The fourth-order valence-corrected chi connectivity index (χ4v) is 0.924. The third-order valence-electron chi connectivity index (χ3n) is 1.47. The molecule has 0 N–H and O–H groups in total. The van der Waals surface area contributed by atoms with E-state index in [0.29, 0.717) is 5.57 Å². The Morgan fingerprint density at radius 1 is 1.85 bits per heavy atom. The summed E-state index contributed by atoms with van der Waals surface area (Å²) >= 11 is 0. The van der Waals surface area contributed by atoms with Gasteiger partial charge in [0.2, 0.25) is 12.7 Å². The second-order valence-electron chi connectivity index (χ2n) is 2.34. The molecule has 0 aromatic rings. The minimum absolute atomic E-state index is 0.131. The summed E-state index contributed by atoms with van der Waals surface area (Å²) in [5, 5.41) is 12.1. The lowest BCUT2D eigenvalue weighted by Crippen LogP contribution is -2.14. The molecule has 0 radical (unpaired) electrons. The Kier molecular flexibility index (Phi) is 2.92. The molecule has 1 aliphatic heterocycles. The normalized spacial score (nSPS) is 16.5. The molecule has 0 aliphatic carbocycles. The lowest BCUT2D eigenvalue weighted by Gasteiger charge is -1.99. The van der Waals surface area contributed by atoms with Crippen molar-refractivity contribution >= 4 is 5.71 Å². The Bertz CT molecular complexity index is 347. The van der Waals surface area contributed by atoms with Crippen LogP contribution in [-0.2, 0) is 4.84 Å². The highest BCUT2D eigenvalue weighted by Gasteiger charge is 2.18. The van der Waals surface area contributed by atoms with Gasteiger partial charge in [-0.05, 0) is 6.08 Å². The summed E-state index contributed by atoms with van der Waals surface area (Å²) in [7, 11) is 1.35. The molecule has 0 spiro atoms. The van der Waals surface area contributed by atoms with Gasteiger partial charge in [0, 0.05) is 15.7 Å². The van der Waals surface area contributed by atoms with E-state index < -0.39 is 0 Å². The first-order valence-corrected chi connectivity index (χ1v) is 3.60. The van der Waals surface area contributed by atoms with Crippen LogP contribution in [0.4, 0.5) is 0 Å². The molecule has 13 heavy (non-hydrogen) atoms. The van der Waals surface area contributed by atoms with E-state index in [-0.39, 0.29) is 12.3 Å². The minimum Gasteiger partial charge on any atom is -0.398 e. The first-order chi connectivity index (χ1) is 6.27. The van der Waals surface area contributed by atoms with Gasteiger partial charge in [-0.3, -0.25) is 0 Å². The molecule has 0 fully saturated rings. The molecule has 1 heterocycles. The lowest BCUT2D eigenvalue weighted by molar-refractivity contribution is -0.470. The van der Waals surface area contributed by atoms with Crippen LogP contribution in [0.25, 0.3) is 0 Å². The second kappa shape index (κ2) is 4.16. The number of nitroso groups, excluding NO2 is 1. The molecular weight excluding hydrogens is 170 g/mol. The van der Waals surface area contributed by atoms with Gasteiger partial charge >= 0.3 is 0 Å². The van der Waals surface area contributed by atoms with Crippen molar-refractivity contribution in [2.24, 2.45) is 5.16 Å². The van der Waals surface area contributed by atoms with Crippen LogP contribution in [0.2, 0.25) is 0 Å². The van der Waals surface area contributed by atoms with Gasteiger partial charge < -0.3 is 4.84 Å². The summed E-state index contributed by atoms with van der Waals surface area (Å²) in [5.74, 6) is 0. The molecule has 0 amide bonds. The van der Waals surface area contributed by atoms with Crippen molar-refractivity contribution in [1.82, 2.24) is 0 Å². The van der Waals surface area contributed by atoms with Crippen LogP contribution in [-0.4, -0.2) is 24.1 Å². The molecule has 0 aromatic carbocycles. The third kappa shape index (κ3) is 2.24. The van der Waals surface area contributed by atoms with Gasteiger partial charge in [0.25, 0.3) is 0 Å². The quantitative estimate of drug-likeness (QED) is 0.356. The van der Waals surface area contributed by atoms with Crippen LogP contribution in [0.3, 0.4) is 0 Å². The smallest absolute Gasteiger partial charge is 0.226 e. The number of allylic oxidation sites excluding steroid dienone is 2. The maximum absolute atomic E-state index is 10.9. The van der Waals surface area contributed by atoms with Gasteiger partial charge in [-0.1, -0.05) is 5.16 Å². The zero-order valence-corrected chi connectivity index (χ0v) is 7.10. The molecule has 0 unspecified atom stereocenters. The monoisotopic (exact) mass is 178 g/mol. The first-order valence-electron chi connectivity index (χ1n) is 3.60. The highest BCUT2D eigenvalue weighted by molar-refractivity contribution is 6.11. The van der Waals surface area contributed by atoms with E-state index in [4.69, 9.17) is 5.26 Å². The van der Waals surface area contributed by atoms with E-state index in [0.717, 1.165) is 4.76 Å². The lowest BCUT2D eigenvalue weighted by atomic mass is 10.1. The summed E-state index contributed by atoms with van der Waals surface area (Å²) in [6, 6.07) is 1.85. The summed E-state index contributed by atoms with van der Waals surface area (Å²) in [4.78, 5) is 15.3. The molecule has 0 bridgehead atoms. The van der Waals surface area contributed by atoms with Gasteiger partial charge in [-0.25, -0.2) is 0 Å². The zero-order chi connectivity index (χ0) is 9.68. The molecule has 5 heteroatoms. The SMILES string of the molecule is CON=C(C#N)C1=CC=C[N+](=O)C1. The molecule has 1 aliphatic rings. The number of hydrogen-bond acceptors (Lipinski definition) is 4. The number of oxime groups is 1. The largest absolute Gasteiger partial charge is 0.398 e. The second-order valence-corrected chi connectivity index (χ2v) is 2.34. The number of nitrogens with zero attached hydrogens (tertiary/aromatic N) is 3. The average molecular weight is 178 g/mol. The van der Waals surface area contributed by atoms with Crippen molar-refractivity contribution < 1.29 is 9.60 Å². The third-order valence-corrected chi connectivity index (χ3v) is 1.47. The molecule has 1 rings (SSSR count).